The first kappa shape index (κ1) is 42.4. The van der Waals surface area contributed by atoms with E-state index >= 15 is 0 Å². The van der Waals surface area contributed by atoms with Crippen molar-refractivity contribution < 1.29 is 33.6 Å². The van der Waals surface area contributed by atoms with Crippen LogP contribution in [0.4, 0.5) is 17.1 Å². The van der Waals surface area contributed by atoms with E-state index in [1.165, 1.54) is 0 Å². The summed E-state index contributed by atoms with van der Waals surface area (Å²) >= 11 is 0. The quantitative estimate of drug-likeness (QED) is 0.0702. The van der Waals surface area contributed by atoms with E-state index in [9.17, 15) is 28.5 Å². The fraction of sp³-hybridized carbons (Fsp3) is 0.349. The highest BCUT2D eigenvalue weighted by Crippen LogP contribution is 2.27. The minimum atomic E-state index is -1.59. The number of nitrogens with one attached hydrogen (secondary N) is 2. The lowest BCUT2D eigenvalue weighted by Crippen LogP contribution is -2.37. The second-order valence-electron chi connectivity index (χ2n) is 13.4. The van der Waals surface area contributed by atoms with Gasteiger partial charge in [-0.05, 0) is 118 Å². The van der Waals surface area contributed by atoms with Crippen molar-refractivity contribution in [1.82, 2.24) is 4.31 Å². The number of nitrogens with zero attached hydrogens (tertiary/aromatic N) is 2. The number of benzene rings is 4. The number of aryl methyl sites for hydroxylation is 2. The van der Waals surface area contributed by atoms with Crippen LogP contribution in [-0.2, 0) is 28.6 Å². The molecule has 0 aromatic heterocycles. The van der Waals surface area contributed by atoms with Gasteiger partial charge < -0.3 is 25.7 Å². The molecule has 292 valence electrons. The smallest absolute Gasteiger partial charge is 0.335 e. The zero-order valence-corrected chi connectivity index (χ0v) is 33.0. The first-order valence-electron chi connectivity index (χ1n) is 18.8. The maximum atomic E-state index is 13.9. The highest BCUT2D eigenvalue weighted by Gasteiger charge is 2.25. The number of hydrogen-bond donors (Lipinski definition) is 4. The second kappa shape index (κ2) is 20.4. The molecule has 0 fully saturated rings. The van der Waals surface area contributed by atoms with Crippen molar-refractivity contribution in [3.63, 3.8) is 0 Å². The Bertz CT molecular complexity index is 1960. The summed E-state index contributed by atoms with van der Waals surface area (Å²) < 4.78 is 15.7. The predicted octanol–water partition coefficient (Wildman–Crippen LogP) is 8.14. The van der Waals surface area contributed by atoms with Gasteiger partial charge >= 0.3 is 11.9 Å². The summed E-state index contributed by atoms with van der Waals surface area (Å²) in [6.07, 6.45) is 3.20. The number of aliphatic carboxylic acids is 1. The van der Waals surface area contributed by atoms with Gasteiger partial charge in [-0.15, -0.1) is 0 Å². The number of aromatic carboxylic acids is 1. The average Bonchev–Trinajstić information content (AvgIpc) is 3.19. The molecule has 0 bridgehead atoms. The Morgan fingerprint density at radius 2 is 1.35 bits per heavy atom. The van der Waals surface area contributed by atoms with Crippen molar-refractivity contribution >= 4 is 51.8 Å². The maximum Gasteiger partial charge on any atom is 0.335 e. The largest absolute Gasteiger partial charge is 0.481 e. The van der Waals surface area contributed by atoms with E-state index in [4.69, 9.17) is 5.11 Å². The average molecular weight is 769 g/mol. The van der Waals surface area contributed by atoms with Crippen LogP contribution >= 0.6 is 0 Å². The van der Waals surface area contributed by atoms with Gasteiger partial charge in [0.05, 0.1) is 27.6 Å². The third-order valence-electron chi connectivity index (χ3n) is 9.80. The number of carbonyl (C=O) groups excluding carboxylic acids is 2. The maximum absolute atomic E-state index is 13.9. The number of carbonyl (C=O) groups is 4. The first-order valence-corrected chi connectivity index (χ1v) is 19.9. The van der Waals surface area contributed by atoms with E-state index in [2.05, 4.69) is 15.5 Å². The number of carboxylic acid groups (broad SMARTS) is 2. The topological polar surface area (TPSA) is 156 Å². The molecule has 2 amide bonds. The molecular formula is C43H52N4O7S. The van der Waals surface area contributed by atoms with Gasteiger partial charge in [0, 0.05) is 42.6 Å². The molecule has 0 spiro atoms. The molecule has 4 aromatic carbocycles. The fourth-order valence-electron chi connectivity index (χ4n) is 6.37. The molecule has 2 unspecified atom stereocenters. The Labute approximate surface area is 326 Å². The summed E-state index contributed by atoms with van der Waals surface area (Å²) in [5, 5.41) is 24.4. The Morgan fingerprint density at radius 3 is 1.91 bits per heavy atom. The lowest BCUT2D eigenvalue weighted by molar-refractivity contribution is -0.141. The molecule has 55 heavy (non-hydrogen) atoms. The molecule has 0 aliphatic heterocycles. The van der Waals surface area contributed by atoms with E-state index in [1.54, 1.807) is 55.5 Å². The van der Waals surface area contributed by atoms with Gasteiger partial charge in [0.15, 0.2) is 0 Å². The van der Waals surface area contributed by atoms with Crippen LogP contribution in [0.1, 0.15) is 96.1 Å². The molecule has 11 nitrogen and oxygen atoms in total. The van der Waals surface area contributed by atoms with Gasteiger partial charge in [-0.3, -0.25) is 14.4 Å². The monoisotopic (exact) mass is 768 g/mol. The molecule has 0 saturated carbocycles. The van der Waals surface area contributed by atoms with Crippen LogP contribution in [0.15, 0.2) is 95.9 Å². The molecule has 4 aromatic rings. The molecule has 0 aliphatic carbocycles. The number of amides is 2. The van der Waals surface area contributed by atoms with Crippen molar-refractivity contribution in [3.8, 4) is 0 Å². The number of hydrogen-bond acceptors (Lipinski definition) is 6. The summed E-state index contributed by atoms with van der Waals surface area (Å²) in [5.41, 5.74) is 4.64. The van der Waals surface area contributed by atoms with Crippen LogP contribution in [0, 0.1) is 5.92 Å². The van der Waals surface area contributed by atoms with E-state index in [0.717, 1.165) is 42.7 Å². The van der Waals surface area contributed by atoms with Gasteiger partial charge in [-0.25, -0.2) is 13.3 Å². The molecule has 12 heteroatoms. The SMILES string of the molecule is CCC(CC[C@@H](C)C(=O)O)N(CC)S(=O)c1cccc(C(=O)Nc2ccc(N(CC)CC)cc2C(=O)Nc2ccc(CCc3ccc(C(=O)O)cc3)cc2)c1. The minimum absolute atomic E-state index is 0.100. The molecule has 0 heterocycles. The van der Waals surface area contributed by atoms with Gasteiger partial charge in [0.25, 0.3) is 11.8 Å². The summed E-state index contributed by atoms with van der Waals surface area (Å²) in [6, 6.07) is 26.2. The number of anilines is 3. The van der Waals surface area contributed by atoms with Crippen LogP contribution in [-0.4, -0.2) is 68.2 Å². The van der Waals surface area contributed by atoms with Crippen LogP contribution in [0.3, 0.4) is 0 Å². The van der Waals surface area contributed by atoms with E-state index in [-0.39, 0.29) is 22.7 Å². The zero-order valence-electron chi connectivity index (χ0n) is 32.2. The summed E-state index contributed by atoms with van der Waals surface area (Å²) in [4.78, 5) is 52.7. The highest BCUT2D eigenvalue weighted by molar-refractivity contribution is 7.82. The molecule has 4 N–H and O–H groups in total. The van der Waals surface area contributed by atoms with Crippen molar-refractivity contribution in [2.75, 3.05) is 35.2 Å². The predicted molar refractivity (Wildman–Crippen MR) is 219 cm³/mol. The highest BCUT2D eigenvalue weighted by atomic mass is 32.2. The van der Waals surface area contributed by atoms with Gasteiger partial charge in [0.1, 0.15) is 11.0 Å². The van der Waals surface area contributed by atoms with Crippen LogP contribution in [0.25, 0.3) is 0 Å². The van der Waals surface area contributed by atoms with Crippen LogP contribution in [0.2, 0.25) is 0 Å². The summed E-state index contributed by atoms with van der Waals surface area (Å²) in [7, 11) is -1.59. The van der Waals surface area contributed by atoms with Gasteiger partial charge in [-0.2, -0.15) is 0 Å². The lowest BCUT2D eigenvalue weighted by atomic mass is 10.0. The zero-order chi connectivity index (χ0) is 40.1. The number of carboxylic acids is 2. The fourth-order valence-corrected chi connectivity index (χ4v) is 7.83. The van der Waals surface area contributed by atoms with Crippen LogP contribution < -0.4 is 15.5 Å². The summed E-state index contributed by atoms with van der Waals surface area (Å²) in [5.74, 6) is -3.17. The van der Waals surface area contributed by atoms with Crippen molar-refractivity contribution in [3.05, 3.63) is 119 Å². The van der Waals surface area contributed by atoms with Crippen molar-refractivity contribution in [1.29, 1.82) is 0 Å². The lowest BCUT2D eigenvalue weighted by Gasteiger charge is -2.29. The molecule has 0 radical (unpaired) electrons. The third-order valence-corrected chi connectivity index (χ3v) is 11.4. The Kier molecular flexibility index (Phi) is 15.7. The Balaban J connectivity index is 1.51. The molecule has 0 saturated heterocycles. The molecular weight excluding hydrogens is 717 g/mol. The number of rotatable bonds is 20. The molecule has 0 aliphatic rings. The Morgan fingerprint density at radius 1 is 0.709 bits per heavy atom. The van der Waals surface area contributed by atoms with Crippen molar-refractivity contribution in [2.45, 2.75) is 77.7 Å². The Hall–Kier alpha value is -5.33. The van der Waals surface area contributed by atoms with Gasteiger partial charge in [-0.1, -0.05) is 51.1 Å². The van der Waals surface area contributed by atoms with E-state index in [1.807, 2.05) is 74.5 Å². The van der Waals surface area contributed by atoms with Gasteiger partial charge in [0.2, 0.25) is 0 Å². The second-order valence-corrected chi connectivity index (χ2v) is 14.8. The standard InChI is InChI=1S/C43H52N4O7S/c1-6-35(24-13-29(5)42(50)51)47(9-4)55(54)37-12-10-11-33(27-37)40(48)45-39-26-25-36(46(7-2)8-3)28-38(39)41(49)44-34-22-18-31(19-23-34)15-14-30-16-20-32(21-17-30)43(52)53/h10-12,16-23,25-29,35H,6-9,13-15,24H2,1-5H3,(H,44,49)(H,45,48)(H,50,51)(H,52,53)/t29-,35?,55?/m1/s1. The normalized spacial score (nSPS) is 12.8. The molecule has 4 rings (SSSR count). The molecule has 3 atom stereocenters. The van der Waals surface area contributed by atoms with Crippen molar-refractivity contribution in [2.24, 2.45) is 5.92 Å². The van der Waals surface area contributed by atoms with Crippen LogP contribution in [0.5, 0.6) is 0 Å². The van der Waals surface area contributed by atoms with E-state index in [0.29, 0.717) is 42.1 Å². The minimum Gasteiger partial charge on any atom is -0.481 e. The first-order chi connectivity index (χ1) is 26.4. The van der Waals surface area contributed by atoms with E-state index < -0.39 is 40.7 Å². The summed E-state index contributed by atoms with van der Waals surface area (Å²) in [6.45, 7) is 11.6. The third kappa shape index (κ3) is 11.6.